The number of rotatable bonds is 7. The average molecular weight is 259 g/mol. The number of hydrogen-bond donors (Lipinski definition) is 2. The maximum Gasteiger partial charge on any atom is 0.407 e. The van der Waals surface area contributed by atoms with Crippen LogP contribution < -0.4 is 11.1 Å². The van der Waals surface area contributed by atoms with E-state index < -0.39 is 5.60 Å². The van der Waals surface area contributed by atoms with Crippen molar-refractivity contribution in [3.8, 4) is 0 Å². The van der Waals surface area contributed by atoms with Crippen LogP contribution in [-0.2, 0) is 4.74 Å². The molecular formula is C13H29N3O2. The monoisotopic (exact) mass is 259 g/mol. The Morgan fingerprint density at radius 2 is 2.06 bits per heavy atom. The number of carbonyl (C=O) groups is 1. The van der Waals surface area contributed by atoms with Gasteiger partial charge in [-0.3, -0.25) is 0 Å². The Kier molecular flexibility index (Phi) is 7.95. The standard InChI is InChI=1S/C13H29N3O2/c1-6-7-8-16(5)11(9-14)10-15-12(17)18-13(2,3)4/h11H,6-10,14H2,1-5H3,(H,15,17). The molecule has 5 heteroatoms. The molecule has 0 aromatic carbocycles. The Morgan fingerprint density at radius 1 is 1.44 bits per heavy atom. The lowest BCUT2D eigenvalue weighted by Gasteiger charge is -2.27. The first-order valence-corrected chi connectivity index (χ1v) is 6.67. The number of amides is 1. The van der Waals surface area contributed by atoms with Crippen LogP contribution in [0.3, 0.4) is 0 Å². The van der Waals surface area contributed by atoms with Crippen LogP contribution in [0.2, 0.25) is 0 Å². The largest absolute Gasteiger partial charge is 0.444 e. The fraction of sp³-hybridized carbons (Fsp3) is 0.923. The van der Waals surface area contributed by atoms with E-state index in [1.807, 2.05) is 27.8 Å². The first-order valence-electron chi connectivity index (χ1n) is 6.67. The van der Waals surface area contributed by atoms with Gasteiger partial charge in [-0.2, -0.15) is 0 Å². The minimum Gasteiger partial charge on any atom is -0.444 e. The van der Waals surface area contributed by atoms with Gasteiger partial charge in [0.1, 0.15) is 5.60 Å². The summed E-state index contributed by atoms with van der Waals surface area (Å²) in [6.45, 7) is 9.74. The molecule has 0 aliphatic rings. The van der Waals surface area contributed by atoms with Gasteiger partial charge >= 0.3 is 6.09 Å². The molecule has 0 saturated carbocycles. The normalized spacial score (nSPS) is 13.5. The van der Waals surface area contributed by atoms with E-state index in [4.69, 9.17) is 10.5 Å². The molecule has 18 heavy (non-hydrogen) atoms. The minimum atomic E-state index is -0.462. The lowest BCUT2D eigenvalue weighted by Crippen LogP contribution is -2.47. The molecule has 0 bridgehead atoms. The summed E-state index contributed by atoms with van der Waals surface area (Å²) in [6.07, 6.45) is 1.91. The highest BCUT2D eigenvalue weighted by Crippen LogP contribution is 2.06. The van der Waals surface area contributed by atoms with Gasteiger partial charge in [0.2, 0.25) is 0 Å². The number of nitrogens with one attached hydrogen (secondary N) is 1. The lowest BCUT2D eigenvalue weighted by molar-refractivity contribution is 0.0512. The zero-order chi connectivity index (χ0) is 14.2. The molecule has 0 fully saturated rings. The van der Waals surface area contributed by atoms with Crippen LogP contribution in [0.25, 0.3) is 0 Å². The van der Waals surface area contributed by atoms with Gasteiger partial charge < -0.3 is 20.7 Å². The summed E-state index contributed by atoms with van der Waals surface area (Å²) < 4.78 is 5.18. The van der Waals surface area contributed by atoms with Gasteiger partial charge in [-0.15, -0.1) is 0 Å². The van der Waals surface area contributed by atoms with Gasteiger partial charge in [0.15, 0.2) is 0 Å². The third kappa shape index (κ3) is 8.31. The smallest absolute Gasteiger partial charge is 0.407 e. The van der Waals surface area contributed by atoms with Gasteiger partial charge in [-0.25, -0.2) is 4.79 Å². The lowest BCUT2D eigenvalue weighted by atomic mass is 10.2. The highest BCUT2D eigenvalue weighted by atomic mass is 16.6. The second-order valence-electron chi connectivity index (χ2n) is 5.61. The molecule has 1 atom stereocenters. The zero-order valence-corrected chi connectivity index (χ0v) is 12.5. The van der Waals surface area contributed by atoms with Crippen molar-refractivity contribution in [1.82, 2.24) is 10.2 Å². The van der Waals surface area contributed by atoms with Crippen molar-refractivity contribution in [2.24, 2.45) is 5.73 Å². The molecule has 0 rings (SSSR count). The van der Waals surface area contributed by atoms with Gasteiger partial charge in [-0.05, 0) is 40.8 Å². The predicted octanol–water partition coefficient (Wildman–Crippen LogP) is 1.57. The van der Waals surface area contributed by atoms with E-state index in [1.165, 1.54) is 0 Å². The summed E-state index contributed by atoms with van der Waals surface area (Å²) in [5, 5.41) is 2.76. The highest BCUT2D eigenvalue weighted by molar-refractivity contribution is 5.67. The zero-order valence-electron chi connectivity index (χ0n) is 12.5. The van der Waals surface area contributed by atoms with E-state index in [1.54, 1.807) is 0 Å². The number of likely N-dealkylation sites (N-methyl/N-ethyl adjacent to an activating group) is 1. The molecule has 0 aromatic heterocycles. The molecule has 108 valence electrons. The van der Waals surface area contributed by atoms with Gasteiger partial charge in [0.05, 0.1) is 0 Å². The fourth-order valence-corrected chi connectivity index (χ4v) is 1.52. The summed E-state index contributed by atoms with van der Waals surface area (Å²) in [4.78, 5) is 13.7. The van der Waals surface area contributed by atoms with E-state index in [0.29, 0.717) is 13.1 Å². The minimum absolute atomic E-state index is 0.157. The molecule has 3 N–H and O–H groups in total. The van der Waals surface area contributed by atoms with Crippen LogP contribution in [-0.4, -0.2) is 49.3 Å². The van der Waals surface area contributed by atoms with Crippen molar-refractivity contribution in [3.63, 3.8) is 0 Å². The molecular weight excluding hydrogens is 230 g/mol. The Hall–Kier alpha value is -0.810. The molecule has 0 radical (unpaired) electrons. The van der Waals surface area contributed by atoms with Crippen LogP contribution >= 0.6 is 0 Å². The van der Waals surface area contributed by atoms with Gasteiger partial charge in [0.25, 0.3) is 0 Å². The molecule has 0 heterocycles. The van der Waals surface area contributed by atoms with Crippen LogP contribution in [0.1, 0.15) is 40.5 Å². The van der Waals surface area contributed by atoms with Crippen LogP contribution in [0, 0.1) is 0 Å². The number of alkyl carbamates (subject to hydrolysis) is 1. The quantitative estimate of drug-likeness (QED) is 0.728. The van der Waals surface area contributed by atoms with E-state index in [2.05, 4.69) is 17.1 Å². The number of unbranched alkanes of at least 4 members (excludes halogenated alkanes) is 1. The van der Waals surface area contributed by atoms with Crippen molar-refractivity contribution in [2.75, 3.05) is 26.7 Å². The van der Waals surface area contributed by atoms with E-state index >= 15 is 0 Å². The summed E-state index contributed by atoms with van der Waals surface area (Å²) in [5.74, 6) is 0. The van der Waals surface area contributed by atoms with Crippen molar-refractivity contribution < 1.29 is 9.53 Å². The second kappa shape index (κ2) is 8.32. The molecule has 1 amide bonds. The fourth-order valence-electron chi connectivity index (χ4n) is 1.52. The third-order valence-electron chi connectivity index (χ3n) is 2.64. The molecule has 0 saturated heterocycles. The summed E-state index contributed by atoms with van der Waals surface area (Å²) >= 11 is 0. The van der Waals surface area contributed by atoms with Gasteiger partial charge in [0, 0.05) is 19.1 Å². The summed E-state index contributed by atoms with van der Waals surface area (Å²) in [5.41, 5.74) is 5.26. The number of carbonyl (C=O) groups excluding carboxylic acids is 1. The number of nitrogens with zero attached hydrogens (tertiary/aromatic N) is 1. The van der Waals surface area contributed by atoms with Crippen molar-refractivity contribution in [2.45, 2.75) is 52.2 Å². The molecule has 0 aromatic rings. The number of ether oxygens (including phenoxy) is 1. The van der Waals surface area contributed by atoms with Gasteiger partial charge in [-0.1, -0.05) is 13.3 Å². The Morgan fingerprint density at radius 3 is 2.50 bits per heavy atom. The Labute approximate surface area is 111 Å². The third-order valence-corrected chi connectivity index (χ3v) is 2.64. The number of hydrogen-bond acceptors (Lipinski definition) is 4. The number of nitrogens with two attached hydrogens (primary N) is 1. The topological polar surface area (TPSA) is 67.6 Å². The van der Waals surface area contributed by atoms with Crippen LogP contribution in [0.4, 0.5) is 4.79 Å². The first-order chi connectivity index (χ1) is 8.30. The summed E-state index contributed by atoms with van der Waals surface area (Å²) in [7, 11) is 2.03. The van der Waals surface area contributed by atoms with Crippen molar-refractivity contribution >= 4 is 6.09 Å². The second-order valence-corrected chi connectivity index (χ2v) is 5.61. The SMILES string of the molecule is CCCCN(C)C(CN)CNC(=O)OC(C)(C)C. The van der Waals surface area contributed by atoms with E-state index in [-0.39, 0.29) is 12.1 Å². The maximum atomic E-state index is 11.5. The Balaban J connectivity index is 4.03. The van der Waals surface area contributed by atoms with Crippen LogP contribution in [0.15, 0.2) is 0 Å². The average Bonchev–Trinajstić information content (AvgIpc) is 2.24. The maximum absolute atomic E-state index is 11.5. The Bertz CT molecular complexity index is 239. The summed E-state index contributed by atoms with van der Waals surface area (Å²) in [6, 6.07) is 0.157. The highest BCUT2D eigenvalue weighted by Gasteiger charge is 2.18. The van der Waals surface area contributed by atoms with E-state index in [0.717, 1.165) is 19.4 Å². The predicted molar refractivity (Wildman–Crippen MR) is 74.6 cm³/mol. The van der Waals surface area contributed by atoms with E-state index in [9.17, 15) is 4.79 Å². The van der Waals surface area contributed by atoms with Crippen molar-refractivity contribution in [1.29, 1.82) is 0 Å². The molecule has 0 aliphatic carbocycles. The van der Waals surface area contributed by atoms with Crippen LogP contribution in [0.5, 0.6) is 0 Å². The first kappa shape index (κ1) is 17.2. The van der Waals surface area contributed by atoms with Crippen molar-refractivity contribution in [3.05, 3.63) is 0 Å². The molecule has 5 nitrogen and oxygen atoms in total. The molecule has 0 aliphatic heterocycles. The molecule has 0 spiro atoms. The molecule has 1 unspecified atom stereocenters.